The zero-order chi connectivity index (χ0) is 20.4. The number of rotatable bonds is 5. The SMILES string of the molecule is CC1(c2ccccc2)NC(=O)N(CC(=O)Nc2nc(-c3ccccc3)cs2)C1=O. The predicted octanol–water partition coefficient (Wildman–Crippen LogP) is 3.22. The van der Waals surface area contributed by atoms with Crippen LogP contribution < -0.4 is 10.6 Å². The Morgan fingerprint density at radius 1 is 1.10 bits per heavy atom. The highest BCUT2D eigenvalue weighted by atomic mass is 32.1. The quantitative estimate of drug-likeness (QED) is 0.637. The van der Waals surface area contributed by atoms with Crippen molar-refractivity contribution in [3.63, 3.8) is 0 Å². The van der Waals surface area contributed by atoms with Crippen LogP contribution in [-0.4, -0.2) is 34.3 Å². The Hall–Kier alpha value is -3.52. The average molecular weight is 406 g/mol. The number of nitrogens with zero attached hydrogens (tertiary/aromatic N) is 2. The van der Waals surface area contributed by atoms with E-state index in [2.05, 4.69) is 15.6 Å². The molecule has 1 aromatic heterocycles. The fourth-order valence-corrected chi connectivity index (χ4v) is 3.92. The number of hydrogen-bond donors (Lipinski definition) is 2. The second-order valence-electron chi connectivity index (χ2n) is 6.76. The van der Waals surface area contributed by atoms with Gasteiger partial charge in [0.25, 0.3) is 5.91 Å². The third-order valence-corrected chi connectivity index (χ3v) is 5.51. The van der Waals surface area contributed by atoms with E-state index in [0.29, 0.717) is 10.7 Å². The Morgan fingerprint density at radius 2 is 1.76 bits per heavy atom. The number of imide groups is 1. The number of urea groups is 1. The second kappa shape index (κ2) is 7.48. The molecule has 0 radical (unpaired) electrons. The second-order valence-corrected chi connectivity index (χ2v) is 7.62. The predicted molar refractivity (Wildman–Crippen MR) is 110 cm³/mol. The molecule has 7 nitrogen and oxygen atoms in total. The van der Waals surface area contributed by atoms with Crippen molar-refractivity contribution in [2.24, 2.45) is 0 Å². The van der Waals surface area contributed by atoms with Gasteiger partial charge in [0.05, 0.1) is 5.69 Å². The highest BCUT2D eigenvalue weighted by Gasteiger charge is 2.49. The molecule has 2 N–H and O–H groups in total. The number of carbonyl (C=O) groups is 3. The van der Waals surface area contributed by atoms with Crippen LogP contribution in [0.4, 0.5) is 9.93 Å². The number of anilines is 1. The maximum Gasteiger partial charge on any atom is 0.325 e. The average Bonchev–Trinajstić information content (AvgIpc) is 3.28. The number of nitrogens with one attached hydrogen (secondary N) is 2. The van der Waals surface area contributed by atoms with Gasteiger partial charge in [-0.15, -0.1) is 11.3 Å². The molecular formula is C21H18N4O3S. The number of aromatic nitrogens is 1. The number of carbonyl (C=O) groups excluding carboxylic acids is 3. The van der Waals surface area contributed by atoms with E-state index >= 15 is 0 Å². The van der Waals surface area contributed by atoms with Gasteiger partial charge in [-0.25, -0.2) is 9.78 Å². The van der Waals surface area contributed by atoms with Crippen LogP contribution in [0.5, 0.6) is 0 Å². The van der Waals surface area contributed by atoms with Crippen molar-refractivity contribution in [2.45, 2.75) is 12.5 Å². The van der Waals surface area contributed by atoms with Crippen LogP contribution in [0.1, 0.15) is 12.5 Å². The molecule has 1 saturated heterocycles. The first-order valence-electron chi connectivity index (χ1n) is 8.98. The molecule has 1 aliphatic rings. The largest absolute Gasteiger partial charge is 0.325 e. The van der Waals surface area contributed by atoms with Crippen molar-refractivity contribution in [2.75, 3.05) is 11.9 Å². The molecule has 2 aromatic carbocycles. The van der Waals surface area contributed by atoms with Crippen molar-refractivity contribution in [1.82, 2.24) is 15.2 Å². The molecule has 1 fully saturated rings. The third kappa shape index (κ3) is 3.62. The molecule has 0 bridgehead atoms. The first-order chi connectivity index (χ1) is 14.0. The first kappa shape index (κ1) is 18.8. The van der Waals surface area contributed by atoms with Crippen LogP contribution in [0.3, 0.4) is 0 Å². The standard InChI is InChI=1S/C21H18N4O3S/c1-21(15-10-6-3-7-11-15)18(27)25(20(28)24-21)12-17(26)23-19-22-16(13-29-19)14-8-4-2-5-9-14/h2-11,13H,12H2,1H3,(H,24,28)(H,22,23,26). The van der Waals surface area contributed by atoms with E-state index in [1.165, 1.54) is 11.3 Å². The Bertz CT molecular complexity index is 1070. The lowest BCUT2D eigenvalue weighted by Crippen LogP contribution is -2.42. The minimum absolute atomic E-state index is 0.382. The van der Waals surface area contributed by atoms with E-state index in [9.17, 15) is 14.4 Å². The van der Waals surface area contributed by atoms with E-state index in [4.69, 9.17) is 0 Å². The van der Waals surface area contributed by atoms with Crippen LogP contribution >= 0.6 is 11.3 Å². The van der Waals surface area contributed by atoms with Gasteiger partial charge in [-0.05, 0) is 12.5 Å². The van der Waals surface area contributed by atoms with E-state index in [-0.39, 0.29) is 6.54 Å². The summed E-state index contributed by atoms with van der Waals surface area (Å²) in [5.41, 5.74) is 1.16. The molecule has 4 amide bonds. The van der Waals surface area contributed by atoms with Crippen molar-refractivity contribution in [3.8, 4) is 11.3 Å². The molecular weight excluding hydrogens is 388 g/mol. The van der Waals surface area contributed by atoms with Crippen LogP contribution in [0.25, 0.3) is 11.3 Å². The van der Waals surface area contributed by atoms with Gasteiger partial charge in [-0.2, -0.15) is 0 Å². The van der Waals surface area contributed by atoms with Gasteiger partial charge in [-0.3, -0.25) is 14.5 Å². The smallest absolute Gasteiger partial charge is 0.319 e. The zero-order valence-electron chi connectivity index (χ0n) is 15.6. The van der Waals surface area contributed by atoms with Gasteiger partial charge < -0.3 is 10.6 Å². The monoisotopic (exact) mass is 406 g/mol. The number of thiazole rings is 1. The number of benzene rings is 2. The molecule has 0 spiro atoms. The lowest BCUT2D eigenvalue weighted by molar-refractivity contribution is -0.133. The van der Waals surface area contributed by atoms with Gasteiger partial charge in [0, 0.05) is 10.9 Å². The molecule has 3 aromatic rings. The maximum atomic E-state index is 12.9. The Balaban J connectivity index is 1.44. The van der Waals surface area contributed by atoms with Crippen LogP contribution in [-0.2, 0) is 15.1 Å². The van der Waals surface area contributed by atoms with E-state index in [0.717, 1.165) is 16.2 Å². The Morgan fingerprint density at radius 3 is 2.45 bits per heavy atom. The molecule has 146 valence electrons. The minimum atomic E-state index is -1.19. The molecule has 8 heteroatoms. The van der Waals surface area contributed by atoms with Gasteiger partial charge in [0.2, 0.25) is 5.91 Å². The Labute approximate surface area is 171 Å². The molecule has 4 rings (SSSR count). The zero-order valence-corrected chi connectivity index (χ0v) is 16.4. The molecule has 2 heterocycles. The summed E-state index contributed by atoms with van der Waals surface area (Å²) in [7, 11) is 0. The van der Waals surface area contributed by atoms with Gasteiger partial charge in [0.1, 0.15) is 12.1 Å². The van der Waals surface area contributed by atoms with Crippen molar-refractivity contribution < 1.29 is 14.4 Å². The minimum Gasteiger partial charge on any atom is -0.319 e. The summed E-state index contributed by atoms with van der Waals surface area (Å²) in [4.78, 5) is 43.0. The molecule has 0 aliphatic carbocycles. The summed E-state index contributed by atoms with van der Waals surface area (Å²) in [6.07, 6.45) is 0. The van der Waals surface area contributed by atoms with E-state index in [1.807, 2.05) is 41.8 Å². The summed E-state index contributed by atoms with van der Waals surface area (Å²) in [6.45, 7) is 1.25. The Kier molecular flexibility index (Phi) is 4.85. The van der Waals surface area contributed by atoms with Crippen LogP contribution in [0.2, 0.25) is 0 Å². The molecule has 1 unspecified atom stereocenters. The lowest BCUT2D eigenvalue weighted by Gasteiger charge is -2.21. The topological polar surface area (TPSA) is 91.4 Å². The van der Waals surface area contributed by atoms with Crippen molar-refractivity contribution >= 4 is 34.3 Å². The maximum absolute atomic E-state index is 12.9. The van der Waals surface area contributed by atoms with Gasteiger partial charge in [-0.1, -0.05) is 60.7 Å². The summed E-state index contributed by atoms with van der Waals surface area (Å²) < 4.78 is 0. The summed E-state index contributed by atoms with van der Waals surface area (Å²) >= 11 is 1.28. The fourth-order valence-electron chi connectivity index (χ4n) is 3.18. The first-order valence-corrected chi connectivity index (χ1v) is 9.86. The number of hydrogen-bond acceptors (Lipinski definition) is 5. The van der Waals surface area contributed by atoms with E-state index in [1.54, 1.807) is 31.2 Å². The van der Waals surface area contributed by atoms with Crippen molar-refractivity contribution in [1.29, 1.82) is 0 Å². The van der Waals surface area contributed by atoms with Crippen molar-refractivity contribution in [3.05, 3.63) is 71.6 Å². The third-order valence-electron chi connectivity index (χ3n) is 4.75. The molecule has 1 aliphatic heterocycles. The molecule has 1 atom stereocenters. The lowest BCUT2D eigenvalue weighted by atomic mass is 9.92. The normalized spacial score (nSPS) is 18.6. The summed E-state index contributed by atoms with van der Waals surface area (Å²) in [5.74, 6) is -0.951. The summed E-state index contributed by atoms with van der Waals surface area (Å²) in [5, 5.41) is 7.59. The highest BCUT2D eigenvalue weighted by molar-refractivity contribution is 7.14. The van der Waals surface area contributed by atoms with Crippen LogP contribution in [0, 0.1) is 0 Å². The van der Waals surface area contributed by atoms with Gasteiger partial charge in [0.15, 0.2) is 5.13 Å². The highest BCUT2D eigenvalue weighted by Crippen LogP contribution is 2.29. The fraction of sp³-hybridized carbons (Fsp3) is 0.143. The molecule has 29 heavy (non-hydrogen) atoms. The number of amides is 4. The van der Waals surface area contributed by atoms with Crippen LogP contribution in [0.15, 0.2) is 66.0 Å². The molecule has 0 saturated carbocycles. The van der Waals surface area contributed by atoms with Gasteiger partial charge >= 0.3 is 6.03 Å². The van der Waals surface area contributed by atoms with E-state index < -0.39 is 23.4 Å². The summed E-state index contributed by atoms with van der Waals surface area (Å²) in [6, 6.07) is 18.0.